The van der Waals surface area contributed by atoms with Crippen LogP contribution in [0.1, 0.15) is 30.1 Å². The second kappa shape index (κ2) is 6.38. The highest BCUT2D eigenvalue weighted by Gasteiger charge is 2.10. The molecule has 2 aromatic rings. The monoisotopic (exact) mass is 267 g/mol. The fraction of sp³-hybridized carbons (Fsp3) is 0.385. The van der Waals surface area contributed by atoms with Gasteiger partial charge in [0.05, 0.1) is 0 Å². The molecule has 2 rings (SSSR count). The Bertz CT molecular complexity index is 542. The van der Waals surface area contributed by atoms with Crippen LogP contribution < -0.4 is 5.73 Å². The number of hydrogen-bond donors (Lipinski definition) is 1. The molecule has 4 nitrogen and oxygen atoms in total. The van der Waals surface area contributed by atoms with Crippen LogP contribution in [0.25, 0.3) is 0 Å². The van der Waals surface area contributed by atoms with Gasteiger partial charge in [-0.25, -0.2) is 8.78 Å². The minimum absolute atomic E-state index is 0.187. The molecule has 0 amide bonds. The summed E-state index contributed by atoms with van der Waals surface area (Å²) in [7, 11) is 0. The summed E-state index contributed by atoms with van der Waals surface area (Å²) in [5.41, 5.74) is 5.73. The number of aromatic nitrogens is 2. The molecule has 19 heavy (non-hydrogen) atoms. The Balaban J connectivity index is 1.99. The van der Waals surface area contributed by atoms with E-state index in [2.05, 4.69) is 10.1 Å². The van der Waals surface area contributed by atoms with Crippen molar-refractivity contribution in [3.05, 3.63) is 47.1 Å². The van der Waals surface area contributed by atoms with Crippen molar-refractivity contribution in [2.24, 2.45) is 5.73 Å². The lowest BCUT2D eigenvalue weighted by Gasteiger charge is -1.99. The highest BCUT2D eigenvalue weighted by atomic mass is 19.1. The molecule has 1 aromatic carbocycles. The normalized spacial score (nSPS) is 10.9. The van der Waals surface area contributed by atoms with Crippen molar-refractivity contribution in [3.63, 3.8) is 0 Å². The third kappa shape index (κ3) is 3.82. The number of halogens is 2. The number of nitrogens with two attached hydrogens (primary N) is 1. The Morgan fingerprint density at radius 1 is 1.21 bits per heavy atom. The number of rotatable bonds is 6. The molecule has 0 saturated heterocycles. The molecule has 0 aliphatic heterocycles. The summed E-state index contributed by atoms with van der Waals surface area (Å²) in [4.78, 5) is 4.16. The van der Waals surface area contributed by atoms with Gasteiger partial charge in [0.15, 0.2) is 5.82 Å². The molecule has 0 aliphatic rings. The van der Waals surface area contributed by atoms with Crippen molar-refractivity contribution in [1.29, 1.82) is 0 Å². The summed E-state index contributed by atoms with van der Waals surface area (Å²) in [5.74, 6) is -0.287. The minimum atomic E-state index is -0.602. The molecule has 102 valence electrons. The first-order chi connectivity index (χ1) is 9.19. The van der Waals surface area contributed by atoms with Crippen LogP contribution in [0.4, 0.5) is 8.78 Å². The first-order valence-electron chi connectivity index (χ1n) is 6.14. The van der Waals surface area contributed by atoms with Gasteiger partial charge in [-0.05, 0) is 31.0 Å². The number of hydrogen-bond acceptors (Lipinski definition) is 4. The standard InChI is InChI=1S/C13H15F2N3O/c14-10-5-4-9(11(15)8-10)7-12-17-13(19-18-12)3-1-2-6-16/h4-5,8H,1-3,6-7,16H2. The largest absolute Gasteiger partial charge is 0.339 e. The van der Waals surface area contributed by atoms with Gasteiger partial charge < -0.3 is 10.3 Å². The zero-order chi connectivity index (χ0) is 13.7. The maximum Gasteiger partial charge on any atom is 0.226 e. The Morgan fingerprint density at radius 3 is 2.79 bits per heavy atom. The third-order valence-corrected chi connectivity index (χ3v) is 2.72. The minimum Gasteiger partial charge on any atom is -0.339 e. The van der Waals surface area contributed by atoms with E-state index in [4.69, 9.17) is 10.3 Å². The first kappa shape index (κ1) is 13.6. The summed E-state index contributed by atoms with van der Waals surface area (Å²) >= 11 is 0. The van der Waals surface area contributed by atoms with Crippen molar-refractivity contribution in [2.45, 2.75) is 25.7 Å². The molecule has 0 unspecified atom stereocenters. The van der Waals surface area contributed by atoms with Crippen molar-refractivity contribution < 1.29 is 13.3 Å². The maximum absolute atomic E-state index is 13.5. The topological polar surface area (TPSA) is 64.9 Å². The smallest absolute Gasteiger partial charge is 0.226 e. The Kier molecular flexibility index (Phi) is 4.57. The molecule has 0 bridgehead atoms. The van der Waals surface area contributed by atoms with Gasteiger partial charge in [-0.1, -0.05) is 11.2 Å². The van der Waals surface area contributed by atoms with E-state index in [9.17, 15) is 8.78 Å². The summed E-state index contributed by atoms with van der Waals surface area (Å²) in [6.07, 6.45) is 2.62. The fourth-order valence-electron chi connectivity index (χ4n) is 1.72. The van der Waals surface area contributed by atoms with Crippen LogP contribution in [0.2, 0.25) is 0 Å². The van der Waals surface area contributed by atoms with Gasteiger partial charge >= 0.3 is 0 Å². The lowest BCUT2D eigenvalue weighted by molar-refractivity contribution is 0.370. The second-order valence-electron chi connectivity index (χ2n) is 4.26. The predicted molar refractivity (Wildman–Crippen MR) is 65.5 cm³/mol. The summed E-state index contributed by atoms with van der Waals surface area (Å²) < 4.78 is 31.3. The molecule has 6 heteroatoms. The maximum atomic E-state index is 13.5. The summed E-state index contributed by atoms with van der Waals surface area (Å²) in [6, 6.07) is 3.44. The molecule has 0 saturated carbocycles. The number of aryl methyl sites for hydroxylation is 1. The molecule has 0 spiro atoms. The van der Waals surface area contributed by atoms with E-state index in [0.29, 0.717) is 30.2 Å². The molecule has 0 aliphatic carbocycles. The van der Waals surface area contributed by atoms with Crippen LogP contribution in [-0.4, -0.2) is 16.7 Å². The van der Waals surface area contributed by atoms with Crippen LogP contribution >= 0.6 is 0 Å². The van der Waals surface area contributed by atoms with E-state index in [0.717, 1.165) is 18.9 Å². The van der Waals surface area contributed by atoms with Crippen LogP contribution in [0.15, 0.2) is 22.7 Å². The lowest BCUT2D eigenvalue weighted by atomic mass is 10.1. The van der Waals surface area contributed by atoms with Crippen molar-refractivity contribution in [1.82, 2.24) is 10.1 Å². The van der Waals surface area contributed by atoms with Crippen LogP contribution in [0, 0.1) is 11.6 Å². The lowest BCUT2D eigenvalue weighted by Crippen LogP contribution is -1.99. The summed E-state index contributed by atoms with van der Waals surface area (Å²) in [5, 5.41) is 3.78. The quantitative estimate of drug-likeness (QED) is 0.815. The fourth-order valence-corrected chi connectivity index (χ4v) is 1.72. The first-order valence-corrected chi connectivity index (χ1v) is 6.14. The van der Waals surface area contributed by atoms with Gasteiger partial charge in [0.2, 0.25) is 5.89 Å². The van der Waals surface area contributed by atoms with Gasteiger partial charge in [0.25, 0.3) is 0 Å². The third-order valence-electron chi connectivity index (χ3n) is 2.72. The molecule has 0 atom stereocenters. The van der Waals surface area contributed by atoms with Crippen LogP contribution in [0.3, 0.4) is 0 Å². The van der Waals surface area contributed by atoms with Gasteiger partial charge in [0.1, 0.15) is 11.6 Å². The molecule has 1 heterocycles. The van der Waals surface area contributed by atoms with Gasteiger partial charge in [0, 0.05) is 18.9 Å². The average Bonchev–Trinajstić information content (AvgIpc) is 2.81. The number of nitrogens with zero attached hydrogens (tertiary/aromatic N) is 2. The second-order valence-corrected chi connectivity index (χ2v) is 4.26. The van der Waals surface area contributed by atoms with Crippen LogP contribution in [-0.2, 0) is 12.8 Å². The predicted octanol–water partition coefficient (Wildman–Crippen LogP) is 2.22. The molecular formula is C13H15F2N3O. The molecule has 0 radical (unpaired) electrons. The highest BCUT2D eigenvalue weighted by molar-refractivity contribution is 5.21. The van der Waals surface area contributed by atoms with E-state index in [1.165, 1.54) is 12.1 Å². The van der Waals surface area contributed by atoms with E-state index in [1.54, 1.807) is 0 Å². The molecular weight excluding hydrogens is 252 g/mol. The van der Waals surface area contributed by atoms with E-state index < -0.39 is 11.6 Å². The molecule has 1 aromatic heterocycles. The number of unbranched alkanes of at least 4 members (excludes halogenated alkanes) is 1. The molecule has 0 fully saturated rings. The number of benzene rings is 1. The molecule has 2 N–H and O–H groups in total. The van der Waals surface area contributed by atoms with Crippen molar-refractivity contribution >= 4 is 0 Å². The summed E-state index contributed by atoms with van der Waals surface area (Å²) in [6.45, 7) is 0.627. The van der Waals surface area contributed by atoms with Gasteiger partial charge in [-0.3, -0.25) is 0 Å². The van der Waals surface area contributed by atoms with Crippen LogP contribution in [0.5, 0.6) is 0 Å². The zero-order valence-electron chi connectivity index (χ0n) is 10.4. The van der Waals surface area contributed by atoms with Gasteiger partial charge in [-0.2, -0.15) is 4.98 Å². The Hall–Kier alpha value is -1.82. The Labute approximate surface area is 109 Å². The highest BCUT2D eigenvalue weighted by Crippen LogP contribution is 2.13. The van der Waals surface area contributed by atoms with Crippen molar-refractivity contribution in [2.75, 3.05) is 6.54 Å². The van der Waals surface area contributed by atoms with E-state index >= 15 is 0 Å². The Morgan fingerprint density at radius 2 is 2.05 bits per heavy atom. The zero-order valence-corrected chi connectivity index (χ0v) is 10.4. The van der Waals surface area contributed by atoms with Crippen molar-refractivity contribution in [3.8, 4) is 0 Å². The van der Waals surface area contributed by atoms with Gasteiger partial charge in [-0.15, -0.1) is 0 Å². The van der Waals surface area contributed by atoms with E-state index in [1.807, 2.05) is 0 Å². The average molecular weight is 267 g/mol. The van der Waals surface area contributed by atoms with E-state index in [-0.39, 0.29) is 6.42 Å². The SMILES string of the molecule is NCCCCc1nc(Cc2ccc(F)cc2F)no1.